The molecule has 16 heavy (non-hydrogen) atoms. The zero-order valence-electron chi connectivity index (χ0n) is 11.1. The molecule has 1 aromatic carbocycles. The Bertz CT molecular complexity index is 306. The van der Waals surface area contributed by atoms with E-state index in [1.165, 1.54) is 24.0 Å². The van der Waals surface area contributed by atoms with E-state index in [4.69, 9.17) is 0 Å². The minimum absolute atomic E-state index is 0.595. The van der Waals surface area contributed by atoms with Gasteiger partial charge in [0.1, 0.15) is 0 Å². The van der Waals surface area contributed by atoms with Crippen molar-refractivity contribution in [3.63, 3.8) is 0 Å². The van der Waals surface area contributed by atoms with Crippen LogP contribution in [0.4, 0.5) is 0 Å². The number of benzene rings is 1. The summed E-state index contributed by atoms with van der Waals surface area (Å²) in [4.78, 5) is 0. The zero-order chi connectivity index (χ0) is 12.0. The van der Waals surface area contributed by atoms with Gasteiger partial charge in [-0.3, -0.25) is 0 Å². The monoisotopic (exact) mass is 219 g/mol. The normalized spacial score (nSPS) is 14.8. The first-order valence-electron chi connectivity index (χ1n) is 6.49. The van der Waals surface area contributed by atoms with Gasteiger partial charge >= 0.3 is 0 Å². The summed E-state index contributed by atoms with van der Waals surface area (Å²) < 4.78 is 0. The molecule has 1 aromatic rings. The lowest BCUT2D eigenvalue weighted by molar-refractivity contribution is 0.437. The number of nitrogens with one attached hydrogen (secondary N) is 1. The molecule has 1 N–H and O–H groups in total. The molecule has 90 valence electrons. The predicted molar refractivity (Wildman–Crippen MR) is 72.0 cm³/mol. The van der Waals surface area contributed by atoms with Crippen molar-refractivity contribution in [3.8, 4) is 0 Å². The minimum atomic E-state index is 0.595. The molecule has 0 aliphatic rings. The Kier molecular flexibility index (Phi) is 5.54. The van der Waals surface area contributed by atoms with Crippen molar-refractivity contribution in [2.24, 2.45) is 0 Å². The van der Waals surface area contributed by atoms with Gasteiger partial charge in [-0.15, -0.1) is 0 Å². The summed E-state index contributed by atoms with van der Waals surface area (Å²) in [7, 11) is 0. The van der Waals surface area contributed by atoms with Crippen LogP contribution in [-0.2, 0) is 0 Å². The predicted octanol–water partition coefficient (Wildman–Crippen LogP) is 3.88. The number of rotatable bonds is 6. The fourth-order valence-electron chi connectivity index (χ4n) is 2.32. The Hall–Kier alpha value is -0.820. The van der Waals surface area contributed by atoms with Crippen molar-refractivity contribution in [1.82, 2.24) is 5.32 Å². The average molecular weight is 219 g/mol. The third-order valence-corrected chi connectivity index (χ3v) is 3.38. The van der Waals surface area contributed by atoms with Crippen LogP contribution in [0.3, 0.4) is 0 Å². The van der Waals surface area contributed by atoms with Gasteiger partial charge in [0.05, 0.1) is 0 Å². The van der Waals surface area contributed by atoms with Gasteiger partial charge < -0.3 is 5.32 Å². The number of hydrogen-bond acceptors (Lipinski definition) is 1. The summed E-state index contributed by atoms with van der Waals surface area (Å²) in [5.41, 5.74) is 2.89. The highest BCUT2D eigenvalue weighted by molar-refractivity contribution is 5.29. The van der Waals surface area contributed by atoms with Gasteiger partial charge in [0.15, 0.2) is 0 Å². The maximum Gasteiger partial charge on any atom is 0.0131 e. The molecule has 2 atom stereocenters. The highest BCUT2D eigenvalue weighted by Gasteiger charge is 2.17. The summed E-state index contributed by atoms with van der Waals surface area (Å²) in [6.45, 7) is 10.1. The molecule has 0 saturated carbocycles. The molecular weight excluding hydrogens is 194 g/mol. The SMILES string of the molecule is CCCNC(CC)C(C)c1ccccc1C. The lowest BCUT2D eigenvalue weighted by atomic mass is 9.89. The van der Waals surface area contributed by atoms with E-state index in [9.17, 15) is 0 Å². The fraction of sp³-hybridized carbons (Fsp3) is 0.600. The topological polar surface area (TPSA) is 12.0 Å². The first-order chi connectivity index (χ1) is 7.70. The van der Waals surface area contributed by atoms with Crippen LogP contribution < -0.4 is 5.32 Å². The van der Waals surface area contributed by atoms with Crippen LogP contribution in [0, 0.1) is 6.92 Å². The number of aryl methyl sites for hydroxylation is 1. The first kappa shape index (κ1) is 13.2. The molecule has 0 heterocycles. The first-order valence-corrected chi connectivity index (χ1v) is 6.49. The van der Waals surface area contributed by atoms with Gasteiger partial charge in [-0.2, -0.15) is 0 Å². The maximum absolute atomic E-state index is 3.64. The van der Waals surface area contributed by atoms with Crippen molar-refractivity contribution in [2.45, 2.75) is 52.5 Å². The van der Waals surface area contributed by atoms with Crippen molar-refractivity contribution >= 4 is 0 Å². The summed E-state index contributed by atoms with van der Waals surface area (Å²) in [6, 6.07) is 9.33. The van der Waals surface area contributed by atoms with Crippen molar-refractivity contribution in [1.29, 1.82) is 0 Å². The molecule has 0 spiro atoms. The van der Waals surface area contributed by atoms with Gasteiger partial charge in [0.25, 0.3) is 0 Å². The molecular formula is C15H25N. The van der Waals surface area contributed by atoms with Crippen LogP contribution in [0.2, 0.25) is 0 Å². The number of hydrogen-bond donors (Lipinski definition) is 1. The second kappa shape index (κ2) is 6.70. The third-order valence-electron chi connectivity index (χ3n) is 3.38. The van der Waals surface area contributed by atoms with Gasteiger partial charge in [-0.25, -0.2) is 0 Å². The molecule has 0 amide bonds. The summed E-state index contributed by atoms with van der Waals surface area (Å²) in [6.07, 6.45) is 2.40. The second-order valence-electron chi connectivity index (χ2n) is 4.61. The summed E-state index contributed by atoms with van der Waals surface area (Å²) in [5, 5.41) is 3.64. The summed E-state index contributed by atoms with van der Waals surface area (Å²) >= 11 is 0. The molecule has 0 fully saturated rings. The Morgan fingerprint density at radius 3 is 2.44 bits per heavy atom. The Labute approximate surface area is 100 Å². The molecule has 0 aliphatic carbocycles. The minimum Gasteiger partial charge on any atom is -0.313 e. The molecule has 0 radical (unpaired) electrons. The van der Waals surface area contributed by atoms with Crippen LogP contribution >= 0.6 is 0 Å². The smallest absolute Gasteiger partial charge is 0.0131 e. The molecule has 0 bridgehead atoms. The van der Waals surface area contributed by atoms with E-state index >= 15 is 0 Å². The van der Waals surface area contributed by atoms with E-state index in [1.807, 2.05) is 0 Å². The van der Waals surface area contributed by atoms with E-state index < -0.39 is 0 Å². The lowest BCUT2D eigenvalue weighted by Gasteiger charge is -2.25. The average Bonchev–Trinajstić information content (AvgIpc) is 2.30. The van der Waals surface area contributed by atoms with E-state index in [0.717, 1.165) is 6.54 Å². The van der Waals surface area contributed by atoms with Crippen LogP contribution in [-0.4, -0.2) is 12.6 Å². The van der Waals surface area contributed by atoms with E-state index in [0.29, 0.717) is 12.0 Å². The largest absolute Gasteiger partial charge is 0.313 e. The fourth-order valence-corrected chi connectivity index (χ4v) is 2.32. The molecule has 1 nitrogen and oxygen atoms in total. The van der Waals surface area contributed by atoms with Gasteiger partial charge in [-0.05, 0) is 43.4 Å². The second-order valence-corrected chi connectivity index (χ2v) is 4.61. The molecule has 1 rings (SSSR count). The van der Waals surface area contributed by atoms with Gasteiger partial charge in [0.2, 0.25) is 0 Å². The molecule has 0 aliphatic heterocycles. The molecule has 0 aromatic heterocycles. The molecule has 1 heteroatoms. The van der Waals surface area contributed by atoms with Crippen LogP contribution in [0.15, 0.2) is 24.3 Å². The van der Waals surface area contributed by atoms with Crippen LogP contribution in [0.5, 0.6) is 0 Å². The highest BCUT2D eigenvalue weighted by atomic mass is 14.9. The van der Waals surface area contributed by atoms with Crippen LogP contribution in [0.1, 0.15) is 50.7 Å². The quantitative estimate of drug-likeness (QED) is 0.765. The zero-order valence-corrected chi connectivity index (χ0v) is 11.1. The standard InChI is InChI=1S/C15H25N/c1-5-11-16-15(6-2)13(4)14-10-8-7-9-12(14)3/h7-10,13,15-16H,5-6,11H2,1-4H3. The Balaban J connectivity index is 2.74. The molecule has 2 unspecified atom stereocenters. The van der Waals surface area contributed by atoms with Crippen molar-refractivity contribution in [3.05, 3.63) is 35.4 Å². The third kappa shape index (κ3) is 3.34. The van der Waals surface area contributed by atoms with Gasteiger partial charge in [0, 0.05) is 6.04 Å². The maximum atomic E-state index is 3.64. The van der Waals surface area contributed by atoms with Crippen molar-refractivity contribution < 1.29 is 0 Å². The molecule has 0 saturated heterocycles. The highest BCUT2D eigenvalue weighted by Crippen LogP contribution is 2.24. The van der Waals surface area contributed by atoms with E-state index in [-0.39, 0.29) is 0 Å². The van der Waals surface area contributed by atoms with E-state index in [1.54, 1.807) is 0 Å². The van der Waals surface area contributed by atoms with E-state index in [2.05, 4.69) is 57.3 Å². The lowest BCUT2D eigenvalue weighted by Crippen LogP contribution is -2.34. The van der Waals surface area contributed by atoms with Gasteiger partial charge in [-0.1, -0.05) is 45.0 Å². The Morgan fingerprint density at radius 1 is 1.19 bits per heavy atom. The Morgan fingerprint density at radius 2 is 1.88 bits per heavy atom. The van der Waals surface area contributed by atoms with Crippen LogP contribution in [0.25, 0.3) is 0 Å². The summed E-state index contributed by atoms with van der Waals surface area (Å²) in [5.74, 6) is 0.595. The van der Waals surface area contributed by atoms with Crippen molar-refractivity contribution in [2.75, 3.05) is 6.54 Å².